The molecule has 1 atom stereocenters. The minimum absolute atomic E-state index is 0.497. The van der Waals surface area contributed by atoms with Crippen molar-refractivity contribution in [2.45, 2.75) is 19.1 Å². The Morgan fingerprint density at radius 1 is 1.45 bits per heavy atom. The highest BCUT2D eigenvalue weighted by molar-refractivity contribution is 5.15. The molecule has 0 aromatic heterocycles. The summed E-state index contributed by atoms with van der Waals surface area (Å²) in [5.74, 6) is -0.497. The van der Waals surface area contributed by atoms with Gasteiger partial charge < -0.3 is 9.47 Å². The van der Waals surface area contributed by atoms with Gasteiger partial charge in [-0.05, 0) is 13.0 Å². The molecule has 0 heterocycles. The smallest absolute Gasteiger partial charge is 0.191 e. The van der Waals surface area contributed by atoms with Crippen molar-refractivity contribution in [3.63, 3.8) is 0 Å². The molecule has 1 aliphatic rings. The largest absolute Gasteiger partial charge is 0.349 e. The molecule has 0 radical (unpaired) electrons. The summed E-state index contributed by atoms with van der Waals surface area (Å²) in [6.45, 7) is 2.64. The Morgan fingerprint density at radius 3 is 2.73 bits per heavy atom. The molecule has 1 unspecified atom stereocenters. The molecule has 1 rings (SSSR count). The number of methoxy groups -OCH3 is 1. The molecule has 0 fully saturated rings. The topological polar surface area (TPSA) is 18.5 Å². The average Bonchev–Trinajstić information content (AvgIpc) is 2.07. The van der Waals surface area contributed by atoms with Crippen LogP contribution in [0, 0.1) is 0 Å². The summed E-state index contributed by atoms with van der Waals surface area (Å²) in [5, 5.41) is 0. The molecule has 0 N–H and O–H groups in total. The predicted octanol–water partition coefficient (Wildman–Crippen LogP) is 1.88. The fourth-order valence-corrected chi connectivity index (χ4v) is 1.14. The molecule has 0 bridgehead atoms. The maximum atomic E-state index is 5.46. The van der Waals surface area contributed by atoms with Crippen LogP contribution in [0.5, 0.6) is 0 Å². The first-order valence-corrected chi connectivity index (χ1v) is 3.86. The standard InChI is InChI=1S/C9H14O2/c1-3-11-9(10-2)7-5-4-6-8-9/h4-7H,3,8H2,1-2H3. The first-order chi connectivity index (χ1) is 5.33. The summed E-state index contributed by atoms with van der Waals surface area (Å²) in [7, 11) is 1.67. The minimum atomic E-state index is -0.497. The SMILES string of the molecule is CCOC1(OC)C=CC=CC1. The van der Waals surface area contributed by atoms with Gasteiger partial charge in [-0.2, -0.15) is 0 Å². The molecule has 11 heavy (non-hydrogen) atoms. The Kier molecular flexibility index (Phi) is 2.85. The summed E-state index contributed by atoms with van der Waals surface area (Å²) in [6.07, 6.45) is 8.72. The van der Waals surface area contributed by atoms with Crippen LogP contribution >= 0.6 is 0 Å². The summed E-state index contributed by atoms with van der Waals surface area (Å²) in [6, 6.07) is 0. The lowest BCUT2D eigenvalue weighted by molar-refractivity contribution is -0.183. The third-order valence-electron chi connectivity index (χ3n) is 1.73. The summed E-state index contributed by atoms with van der Waals surface area (Å²) >= 11 is 0. The Morgan fingerprint density at radius 2 is 2.27 bits per heavy atom. The van der Waals surface area contributed by atoms with E-state index in [4.69, 9.17) is 9.47 Å². The van der Waals surface area contributed by atoms with Gasteiger partial charge in [-0.3, -0.25) is 0 Å². The highest BCUT2D eigenvalue weighted by Crippen LogP contribution is 2.22. The summed E-state index contributed by atoms with van der Waals surface area (Å²) < 4.78 is 10.7. The first-order valence-electron chi connectivity index (χ1n) is 3.86. The van der Waals surface area contributed by atoms with E-state index in [0.29, 0.717) is 6.61 Å². The van der Waals surface area contributed by atoms with Gasteiger partial charge in [-0.1, -0.05) is 18.2 Å². The lowest BCUT2D eigenvalue weighted by Gasteiger charge is -2.28. The van der Waals surface area contributed by atoms with E-state index in [1.54, 1.807) is 7.11 Å². The van der Waals surface area contributed by atoms with Gasteiger partial charge in [0.05, 0.1) is 0 Å². The van der Waals surface area contributed by atoms with Crippen LogP contribution in [0.25, 0.3) is 0 Å². The van der Waals surface area contributed by atoms with E-state index in [2.05, 4.69) is 0 Å². The molecule has 0 saturated heterocycles. The van der Waals surface area contributed by atoms with Gasteiger partial charge in [0.25, 0.3) is 0 Å². The fourth-order valence-electron chi connectivity index (χ4n) is 1.14. The van der Waals surface area contributed by atoms with Crippen molar-refractivity contribution in [1.82, 2.24) is 0 Å². The highest BCUT2D eigenvalue weighted by Gasteiger charge is 2.26. The van der Waals surface area contributed by atoms with Crippen LogP contribution in [0.2, 0.25) is 0 Å². The Bertz CT molecular complexity index is 172. The Labute approximate surface area is 67.5 Å². The molecule has 0 amide bonds. The number of rotatable bonds is 3. The molecule has 2 heteroatoms. The van der Waals surface area contributed by atoms with Gasteiger partial charge in [0.15, 0.2) is 5.79 Å². The van der Waals surface area contributed by atoms with Crippen LogP contribution in [0.15, 0.2) is 24.3 Å². The van der Waals surface area contributed by atoms with Crippen LogP contribution in [-0.4, -0.2) is 19.5 Å². The van der Waals surface area contributed by atoms with Gasteiger partial charge in [0.1, 0.15) is 0 Å². The maximum absolute atomic E-state index is 5.46. The number of ether oxygens (including phenoxy) is 2. The quantitative estimate of drug-likeness (QED) is 0.578. The predicted molar refractivity (Wildman–Crippen MR) is 44.3 cm³/mol. The van der Waals surface area contributed by atoms with Crippen molar-refractivity contribution >= 4 is 0 Å². The second-order valence-corrected chi connectivity index (χ2v) is 2.44. The third-order valence-corrected chi connectivity index (χ3v) is 1.73. The van der Waals surface area contributed by atoms with Gasteiger partial charge in [0, 0.05) is 20.1 Å². The van der Waals surface area contributed by atoms with E-state index >= 15 is 0 Å². The van der Waals surface area contributed by atoms with Crippen molar-refractivity contribution in [3.8, 4) is 0 Å². The molecule has 1 aliphatic carbocycles. The maximum Gasteiger partial charge on any atom is 0.191 e. The highest BCUT2D eigenvalue weighted by atomic mass is 16.7. The lowest BCUT2D eigenvalue weighted by Crippen LogP contribution is -2.32. The van der Waals surface area contributed by atoms with Gasteiger partial charge >= 0.3 is 0 Å². The van der Waals surface area contributed by atoms with E-state index in [1.807, 2.05) is 31.2 Å². The van der Waals surface area contributed by atoms with E-state index in [0.717, 1.165) is 6.42 Å². The lowest BCUT2D eigenvalue weighted by atomic mass is 10.1. The van der Waals surface area contributed by atoms with E-state index < -0.39 is 5.79 Å². The molecule has 0 aliphatic heterocycles. The number of hydrogen-bond donors (Lipinski definition) is 0. The van der Waals surface area contributed by atoms with Crippen molar-refractivity contribution in [2.24, 2.45) is 0 Å². The zero-order valence-electron chi connectivity index (χ0n) is 7.04. The zero-order valence-corrected chi connectivity index (χ0v) is 7.04. The van der Waals surface area contributed by atoms with Crippen LogP contribution in [0.3, 0.4) is 0 Å². The monoisotopic (exact) mass is 154 g/mol. The summed E-state index contributed by atoms with van der Waals surface area (Å²) in [4.78, 5) is 0. The average molecular weight is 154 g/mol. The van der Waals surface area contributed by atoms with Crippen molar-refractivity contribution < 1.29 is 9.47 Å². The minimum Gasteiger partial charge on any atom is -0.349 e. The summed E-state index contributed by atoms with van der Waals surface area (Å²) in [5.41, 5.74) is 0. The molecular formula is C9H14O2. The first kappa shape index (κ1) is 8.50. The Hall–Kier alpha value is -0.600. The second kappa shape index (κ2) is 3.69. The van der Waals surface area contributed by atoms with E-state index in [1.165, 1.54) is 0 Å². The zero-order chi connectivity index (χ0) is 8.16. The van der Waals surface area contributed by atoms with Crippen molar-refractivity contribution in [1.29, 1.82) is 0 Å². The van der Waals surface area contributed by atoms with Crippen LogP contribution in [0.4, 0.5) is 0 Å². The van der Waals surface area contributed by atoms with Crippen LogP contribution < -0.4 is 0 Å². The van der Waals surface area contributed by atoms with E-state index in [9.17, 15) is 0 Å². The van der Waals surface area contributed by atoms with Gasteiger partial charge in [-0.15, -0.1) is 0 Å². The normalized spacial score (nSPS) is 29.3. The van der Waals surface area contributed by atoms with Crippen LogP contribution in [0.1, 0.15) is 13.3 Å². The molecule has 62 valence electrons. The molecule has 0 spiro atoms. The van der Waals surface area contributed by atoms with Gasteiger partial charge in [0.2, 0.25) is 0 Å². The molecule has 2 nitrogen and oxygen atoms in total. The van der Waals surface area contributed by atoms with Crippen LogP contribution in [-0.2, 0) is 9.47 Å². The number of hydrogen-bond acceptors (Lipinski definition) is 2. The molecular weight excluding hydrogens is 140 g/mol. The van der Waals surface area contributed by atoms with E-state index in [-0.39, 0.29) is 0 Å². The third kappa shape index (κ3) is 1.91. The van der Waals surface area contributed by atoms with Crippen molar-refractivity contribution in [3.05, 3.63) is 24.3 Å². The molecule has 0 aromatic rings. The molecule has 0 saturated carbocycles. The Balaban J connectivity index is 2.60. The van der Waals surface area contributed by atoms with Crippen molar-refractivity contribution in [2.75, 3.05) is 13.7 Å². The second-order valence-electron chi connectivity index (χ2n) is 2.44. The fraction of sp³-hybridized carbons (Fsp3) is 0.556. The number of allylic oxidation sites excluding steroid dienone is 2. The molecule has 0 aromatic carbocycles. The van der Waals surface area contributed by atoms with Gasteiger partial charge in [-0.25, -0.2) is 0 Å².